The third-order valence-electron chi connectivity index (χ3n) is 2.61. The van der Waals surface area contributed by atoms with E-state index < -0.39 is 0 Å². The van der Waals surface area contributed by atoms with Crippen LogP contribution in [0, 0.1) is 0 Å². The molecule has 0 radical (unpaired) electrons. The monoisotopic (exact) mass is 270 g/mol. The quantitative estimate of drug-likeness (QED) is 0.857. The average Bonchev–Trinajstić information content (AvgIpc) is 2.48. The molecule has 0 atom stereocenters. The van der Waals surface area contributed by atoms with Crippen molar-refractivity contribution >= 4 is 17.4 Å². The van der Waals surface area contributed by atoms with E-state index in [1.165, 1.54) is 0 Å². The molecular formula is C16H18N2O2. The summed E-state index contributed by atoms with van der Waals surface area (Å²) >= 11 is 0. The number of hydrogen-bond donors (Lipinski definition) is 1. The Balaban J connectivity index is 2.28. The predicted octanol–water partition coefficient (Wildman–Crippen LogP) is 3.87. The van der Waals surface area contributed by atoms with E-state index in [1.54, 1.807) is 4.90 Å². The Labute approximate surface area is 118 Å². The number of amides is 2. The molecule has 2 aromatic carbocycles. The number of anilines is 2. The van der Waals surface area contributed by atoms with Crippen molar-refractivity contribution in [3.8, 4) is 0 Å². The number of carbonyl (C=O) groups is 1. The molecule has 0 spiro atoms. The molecule has 0 saturated carbocycles. The molecule has 0 bridgehead atoms. The molecule has 4 nitrogen and oxygen atoms in total. The standard InChI is InChI=1S/C16H18N2O2/c1-13(2)20-17-16(19)18(14-9-5-3-6-10-14)15-11-7-4-8-12-15/h3-13H,1-2H3,(H,17,19). The smallest absolute Gasteiger partial charge is 0.269 e. The SMILES string of the molecule is CC(C)ONC(=O)N(c1ccccc1)c1ccccc1. The first kappa shape index (κ1) is 14.1. The first-order valence-corrected chi connectivity index (χ1v) is 6.54. The number of benzene rings is 2. The Morgan fingerprint density at radius 1 is 0.950 bits per heavy atom. The highest BCUT2D eigenvalue weighted by atomic mass is 16.7. The molecule has 0 aromatic heterocycles. The average molecular weight is 270 g/mol. The molecule has 0 heterocycles. The Kier molecular flexibility index (Phi) is 4.74. The maximum Gasteiger partial charge on any atom is 0.350 e. The molecule has 2 rings (SSSR count). The topological polar surface area (TPSA) is 41.6 Å². The fourth-order valence-electron chi connectivity index (χ4n) is 1.75. The molecule has 20 heavy (non-hydrogen) atoms. The fourth-order valence-corrected chi connectivity index (χ4v) is 1.75. The largest absolute Gasteiger partial charge is 0.350 e. The third-order valence-corrected chi connectivity index (χ3v) is 2.61. The number of urea groups is 1. The van der Waals surface area contributed by atoms with E-state index >= 15 is 0 Å². The second kappa shape index (κ2) is 6.73. The van der Waals surface area contributed by atoms with Gasteiger partial charge >= 0.3 is 6.03 Å². The van der Waals surface area contributed by atoms with Gasteiger partial charge in [-0.15, -0.1) is 0 Å². The van der Waals surface area contributed by atoms with E-state index in [0.29, 0.717) is 0 Å². The second-order valence-corrected chi connectivity index (χ2v) is 4.58. The summed E-state index contributed by atoms with van der Waals surface area (Å²) in [6.07, 6.45) is -0.0765. The molecule has 0 unspecified atom stereocenters. The summed E-state index contributed by atoms with van der Waals surface area (Å²) in [5.74, 6) is 0. The Morgan fingerprint density at radius 3 is 1.80 bits per heavy atom. The fraction of sp³-hybridized carbons (Fsp3) is 0.188. The number of nitrogens with zero attached hydrogens (tertiary/aromatic N) is 1. The van der Waals surface area contributed by atoms with Gasteiger partial charge in [0.15, 0.2) is 0 Å². The van der Waals surface area contributed by atoms with Crippen molar-refractivity contribution in [2.45, 2.75) is 20.0 Å². The summed E-state index contributed by atoms with van der Waals surface area (Å²) in [4.78, 5) is 19.1. The van der Waals surface area contributed by atoms with Crippen molar-refractivity contribution in [1.82, 2.24) is 5.48 Å². The van der Waals surface area contributed by atoms with Crippen LogP contribution in [0.15, 0.2) is 60.7 Å². The van der Waals surface area contributed by atoms with Crippen LogP contribution in [0.1, 0.15) is 13.8 Å². The predicted molar refractivity (Wildman–Crippen MR) is 79.8 cm³/mol. The number of para-hydroxylation sites is 2. The van der Waals surface area contributed by atoms with Crippen molar-refractivity contribution in [3.63, 3.8) is 0 Å². The molecule has 1 N–H and O–H groups in total. The first-order chi connectivity index (χ1) is 9.68. The number of hydroxylamine groups is 1. The van der Waals surface area contributed by atoms with Crippen LogP contribution in [0.4, 0.5) is 16.2 Å². The lowest BCUT2D eigenvalue weighted by Crippen LogP contribution is -2.38. The van der Waals surface area contributed by atoms with Gasteiger partial charge in [0.2, 0.25) is 0 Å². The summed E-state index contributed by atoms with van der Waals surface area (Å²) in [6, 6.07) is 18.6. The lowest BCUT2D eigenvalue weighted by molar-refractivity contribution is 0.0187. The normalized spacial score (nSPS) is 10.3. The van der Waals surface area contributed by atoms with Gasteiger partial charge < -0.3 is 0 Å². The minimum Gasteiger partial charge on any atom is -0.269 e. The minimum absolute atomic E-state index is 0.0765. The third kappa shape index (κ3) is 3.59. The van der Waals surface area contributed by atoms with Gasteiger partial charge in [0.25, 0.3) is 0 Å². The van der Waals surface area contributed by atoms with E-state index in [-0.39, 0.29) is 12.1 Å². The van der Waals surface area contributed by atoms with Crippen LogP contribution in [-0.4, -0.2) is 12.1 Å². The summed E-state index contributed by atoms with van der Waals surface area (Å²) in [5, 5.41) is 0. The number of carbonyl (C=O) groups excluding carboxylic acids is 1. The number of hydrogen-bond acceptors (Lipinski definition) is 2. The maximum atomic E-state index is 12.3. The van der Waals surface area contributed by atoms with Gasteiger partial charge in [-0.1, -0.05) is 36.4 Å². The van der Waals surface area contributed by atoms with Gasteiger partial charge in [-0.2, -0.15) is 0 Å². The molecular weight excluding hydrogens is 252 g/mol. The van der Waals surface area contributed by atoms with Crippen LogP contribution in [0.2, 0.25) is 0 Å². The molecule has 2 amide bonds. The van der Waals surface area contributed by atoms with Crippen LogP contribution in [0.5, 0.6) is 0 Å². The lowest BCUT2D eigenvalue weighted by atomic mass is 10.2. The molecule has 104 valence electrons. The van der Waals surface area contributed by atoms with Crippen LogP contribution in [0.3, 0.4) is 0 Å². The highest BCUT2D eigenvalue weighted by Crippen LogP contribution is 2.24. The van der Waals surface area contributed by atoms with Gasteiger partial charge in [0, 0.05) is 0 Å². The van der Waals surface area contributed by atoms with Crippen molar-refractivity contribution in [2.24, 2.45) is 0 Å². The van der Waals surface area contributed by atoms with Crippen molar-refractivity contribution in [2.75, 3.05) is 4.90 Å². The van der Waals surface area contributed by atoms with Crippen molar-refractivity contribution < 1.29 is 9.63 Å². The zero-order chi connectivity index (χ0) is 14.4. The first-order valence-electron chi connectivity index (χ1n) is 6.54. The zero-order valence-electron chi connectivity index (χ0n) is 11.6. The summed E-state index contributed by atoms with van der Waals surface area (Å²) in [5.41, 5.74) is 4.03. The minimum atomic E-state index is -0.323. The number of rotatable bonds is 4. The van der Waals surface area contributed by atoms with Crippen LogP contribution >= 0.6 is 0 Å². The van der Waals surface area contributed by atoms with E-state index in [1.807, 2.05) is 74.5 Å². The molecule has 0 aliphatic heterocycles. The molecule has 0 saturated heterocycles. The van der Waals surface area contributed by atoms with Crippen molar-refractivity contribution in [3.05, 3.63) is 60.7 Å². The zero-order valence-corrected chi connectivity index (χ0v) is 11.6. The van der Waals surface area contributed by atoms with Crippen LogP contribution < -0.4 is 10.4 Å². The molecule has 4 heteroatoms. The van der Waals surface area contributed by atoms with E-state index in [2.05, 4.69) is 5.48 Å². The molecule has 0 aliphatic carbocycles. The summed E-state index contributed by atoms with van der Waals surface area (Å²) in [7, 11) is 0. The van der Waals surface area contributed by atoms with Gasteiger partial charge in [-0.3, -0.25) is 9.74 Å². The number of nitrogens with one attached hydrogen (secondary N) is 1. The van der Waals surface area contributed by atoms with Crippen LogP contribution in [0.25, 0.3) is 0 Å². The molecule has 2 aromatic rings. The Morgan fingerprint density at radius 2 is 1.40 bits per heavy atom. The van der Waals surface area contributed by atoms with E-state index in [4.69, 9.17) is 4.84 Å². The van der Waals surface area contributed by atoms with E-state index in [0.717, 1.165) is 11.4 Å². The highest BCUT2D eigenvalue weighted by Gasteiger charge is 2.17. The lowest BCUT2D eigenvalue weighted by Gasteiger charge is -2.23. The second-order valence-electron chi connectivity index (χ2n) is 4.58. The van der Waals surface area contributed by atoms with Gasteiger partial charge in [-0.25, -0.2) is 10.3 Å². The summed E-state index contributed by atoms with van der Waals surface area (Å²) < 4.78 is 0. The van der Waals surface area contributed by atoms with Crippen LogP contribution in [-0.2, 0) is 4.84 Å². The van der Waals surface area contributed by atoms with Gasteiger partial charge in [-0.05, 0) is 38.1 Å². The maximum absolute atomic E-state index is 12.3. The highest BCUT2D eigenvalue weighted by molar-refractivity contribution is 5.98. The molecule has 0 fully saturated rings. The van der Waals surface area contributed by atoms with Gasteiger partial charge in [0.1, 0.15) is 0 Å². The molecule has 0 aliphatic rings. The summed E-state index contributed by atoms with van der Waals surface area (Å²) in [6.45, 7) is 3.71. The Hall–Kier alpha value is -2.33. The van der Waals surface area contributed by atoms with Gasteiger partial charge in [0.05, 0.1) is 17.5 Å². The van der Waals surface area contributed by atoms with E-state index in [9.17, 15) is 4.79 Å². The Bertz CT molecular complexity index is 501. The van der Waals surface area contributed by atoms with Crippen molar-refractivity contribution in [1.29, 1.82) is 0 Å².